The number of hydrogen-bond donors (Lipinski definition) is 0. The van der Waals surface area contributed by atoms with Crippen LogP contribution in [-0.2, 0) is 17.8 Å². The molecule has 32 heavy (non-hydrogen) atoms. The molecule has 3 aromatic rings. The average Bonchev–Trinajstić information content (AvgIpc) is 3.45. The van der Waals surface area contributed by atoms with E-state index >= 15 is 0 Å². The maximum Gasteiger partial charge on any atom is 0.414 e. The van der Waals surface area contributed by atoms with Crippen LogP contribution >= 0.6 is 0 Å². The van der Waals surface area contributed by atoms with E-state index in [1.54, 1.807) is 12.1 Å². The Balaban J connectivity index is 1.24. The molecule has 1 aromatic heterocycles. The summed E-state index contributed by atoms with van der Waals surface area (Å²) < 4.78 is 20.4. The minimum absolute atomic E-state index is 0.301. The molecule has 2 aliphatic rings. The third kappa shape index (κ3) is 4.38. The highest BCUT2D eigenvalue weighted by Gasteiger charge is 2.33. The zero-order chi connectivity index (χ0) is 21.9. The highest BCUT2D eigenvalue weighted by Crippen LogP contribution is 2.30. The number of ether oxygens (including phenoxy) is 1. The van der Waals surface area contributed by atoms with Crippen molar-refractivity contribution in [2.24, 2.45) is 0 Å². The number of cyclic esters (lactones) is 1. The normalized spacial score (nSPS) is 19.2. The van der Waals surface area contributed by atoms with Gasteiger partial charge >= 0.3 is 6.09 Å². The molecule has 1 amide bonds. The zero-order valence-corrected chi connectivity index (χ0v) is 17.5. The first-order valence-corrected chi connectivity index (χ1v) is 10.6. The molecule has 2 aromatic carbocycles. The van der Waals surface area contributed by atoms with Gasteiger partial charge in [-0.1, -0.05) is 36.4 Å². The van der Waals surface area contributed by atoms with Crippen molar-refractivity contribution in [1.82, 2.24) is 25.1 Å². The molecule has 0 unspecified atom stereocenters. The molecule has 1 atom stereocenters. The van der Waals surface area contributed by atoms with E-state index in [2.05, 4.69) is 38.5 Å². The van der Waals surface area contributed by atoms with Crippen LogP contribution in [0.25, 0.3) is 5.57 Å². The maximum absolute atomic E-state index is 15.0. The first-order chi connectivity index (χ1) is 15.7. The van der Waals surface area contributed by atoms with Gasteiger partial charge in [-0.05, 0) is 41.0 Å². The van der Waals surface area contributed by atoms with Crippen molar-refractivity contribution < 1.29 is 13.9 Å². The van der Waals surface area contributed by atoms with Gasteiger partial charge in [0.25, 0.3) is 0 Å². The van der Waals surface area contributed by atoms with Crippen molar-refractivity contribution in [3.8, 4) is 0 Å². The second-order valence-corrected chi connectivity index (χ2v) is 7.97. The number of carbonyl (C=O) groups excluding carboxylic acids is 1. The second kappa shape index (κ2) is 8.88. The number of benzene rings is 2. The fourth-order valence-corrected chi connectivity index (χ4v) is 4.16. The van der Waals surface area contributed by atoms with Crippen molar-refractivity contribution >= 4 is 17.4 Å². The molecule has 0 bridgehead atoms. The second-order valence-electron chi connectivity index (χ2n) is 7.97. The van der Waals surface area contributed by atoms with E-state index in [0.717, 1.165) is 31.6 Å². The number of aromatic nitrogens is 4. The van der Waals surface area contributed by atoms with E-state index in [1.807, 2.05) is 18.2 Å². The van der Waals surface area contributed by atoms with E-state index in [9.17, 15) is 9.18 Å². The lowest BCUT2D eigenvalue weighted by Gasteiger charge is -2.27. The lowest BCUT2D eigenvalue weighted by atomic mass is 9.98. The number of anilines is 1. The molecular formula is C23H23FN6O2. The van der Waals surface area contributed by atoms with E-state index in [-0.39, 0.29) is 5.82 Å². The van der Waals surface area contributed by atoms with Crippen LogP contribution in [0, 0.1) is 5.82 Å². The number of tetrazole rings is 1. The van der Waals surface area contributed by atoms with E-state index < -0.39 is 12.2 Å². The van der Waals surface area contributed by atoms with Gasteiger partial charge in [0.05, 0.1) is 12.2 Å². The van der Waals surface area contributed by atoms with Gasteiger partial charge < -0.3 is 4.74 Å². The van der Waals surface area contributed by atoms with Gasteiger partial charge in [0.15, 0.2) is 6.33 Å². The van der Waals surface area contributed by atoms with Crippen molar-refractivity contribution in [2.45, 2.75) is 25.6 Å². The average molecular weight is 434 g/mol. The van der Waals surface area contributed by atoms with Crippen LogP contribution in [0.1, 0.15) is 17.5 Å². The first kappa shape index (κ1) is 20.3. The topological polar surface area (TPSA) is 76.4 Å². The van der Waals surface area contributed by atoms with Crippen LogP contribution in [0.3, 0.4) is 0 Å². The summed E-state index contributed by atoms with van der Waals surface area (Å²) >= 11 is 0. The Hall–Kier alpha value is -3.59. The number of carbonyl (C=O) groups is 1. The van der Waals surface area contributed by atoms with E-state index in [1.165, 1.54) is 27.7 Å². The summed E-state index contributed by atoms with van der Waals surface area (Å²) in [6.07, 6.45) is 3.27. The predicted octanol–water partition coefficient (Wildman–Crippen LogP) is 3.13. The molecule has 1 saturated heterocycles. The lowest BCUT2D eigenvalue weighted by molar-refractivity contribution is 0.126. The molecule has 0 radical (unpaired) electrons. The Kier molecular flexibility index (Phi) is 5.64. The highest BCUT2D eigenvalue weighted by atomic mass is 19.1. The summed E-state index contributed by atoms with van der Waals surface area (Å²) in [6.45, 7) is 3.14. The molecule has 0 spiro atoms. The van der Waals surface area contributed by atoms with Gasteiger partial charge in [0.2, 0.25) is 0 Å². The molecule has 5 rings (SSSR count). The zero-order valence-electron chi connectivity index (χ0n) is 17.5. The molecule has 164 valence electrons. The number of hydrogen-bond acceptors (Lipinski definition) is 6. The van der Waals surface area contributed by atoms with Gasteiger partial charge in [-0.15, -0.1) is 10.2 Å². The molecule has 8 nitrogen and oxygen atoms in total. The molecule has 0 saturated carbocycles. The van der Waals surface area contributed by atoms with Crippen molar-refractivity contribution in [2.75, 3.05) is 24.5 Å². The van der Waals surface area contributed by atoms with Crippen molar-refractivity contribution in [1.29, 1.82) is 0 Å². The summed E-state index contributed by atoms with van der Waals surface area (Å²) in [7, 11) is 0. The minimum Gasteiger partial charge on any atom is -0.442 e. The Bertz CT molecular complexity index is 1120. The summed E-state index contributed by atoms with van der Waals surface area (Å²) in [5.74, 6) is -0.334. The lowest BCUT2D eigenvalue weighted by Crippen LogP contribution is -2.28. The standard InChI is InChI=1S/C23H23FN6O2/c24-22-12-19(29-14-20(32-23(29)31)15-30-26-16-25-27-30)6-7-21(22)18-8-10-28(11-9-18)13-17-4-2-1-3-5-17/h1-8,12,16,20H,9-11,13-15H2/t20-/m1/s1. The quantitative estimate of drug-likeness (QED) is 0.593. The highest BCUT2D eigenvalue weighted by molar-refractivity contribution is 5.90. The third-order valence-corrected chi connectivity index (χ3v) is 5.79. The molecule has 0 N–H and O–H groups in total. The van der Waals surface area contributed by atoms with Crippen LogP contribution in [0.2, 0.25) is 0 Å². The largest absolute Gasteiger partial charge is 0.442 e. The van der Waals surface area contributed by atoms with E-state index in [4.69, 9.17) is 4.74 Å². The third-order valence-electron chi connectivity index (χ3n) is 5.79. The predicted molar refractivity (Wildman–Crippen MR) is 116 cm³/mol. The van der Waals surface area contributed by atoms with Crippen molar-refractivity contribution in [3.05, 3.63) is 77.9 Å². The molecule has 2 aliphatic heterocycles. The van der Waals surface area contributed by atoms with Crippen LogP contribution in [0.15, 0.2) is 60.9 Å². The van der Waals surface area contributed by atoms with Crippen LogP contribution in [0.4, 0.5) is 14.9 Å². The molecule has 0 aliphatic carbocycles. The summed E-state index contributed by atoms with van der Waals surface area (Å²) in [4.78, 5) is 17.4. The van der Waals surface area contributed by atoms with Gasteiger partial charge in [-0.2, -0.15) is 4.80 Å². The van der Waals surface area contributed by atoms with Gasteiger partial charge in [0, 0.05) is 25.2 Å². The molecular weight excluding hydrogens is 411 g/mol. The SMILES string of the molecule is O=C1O[C@@H](Cn2ncnn2)CN1c1ccc(C2=CCN(Cc3ccccc3)CC2)c(F)c1. The van der Waals surface area contributed by atoms with Gasteiger partial charge in [-0.25, -0.2) is 9.18 Å². The monoisotopic (exact) mass is 434 g/mol. The molecule has 9 heteroatoms. The number of halogens is 1. The summed E-state index contributed by atoms with van der Waals surface area (Å²) in [5, 5.41) is 11.3. The van der Waals surface area contributed by atoms with Crippen LogP contribution in [-0.4, -0.2) is 56.9 Å². The van der Waals surface area contributed by atoms with Crippen LogP contribution < -0.4 is 4.90 Å². The van der Waals surface area contributed by atoms with Crippen LogP contribution in [0.5, 0.6) is 0 Å². The fraction of sp³-hybridized carbons (Fsp3) is 0.304. The Morgan fingerprint density at radius 1 is 1.16 bits per heavy atom. The van der Waals surface area contributed by atoms with Gasteiger partial charge in [-0.3, -0.25) is 9.80 Å². The minimum atomic E-state index is -0.504. The summed E-state index contributed by atoms with van der Waals surface area (Å²) in [5.41, 5.74) is 3.34. The Morgan fingerprint density at radius 3 is 2.75 bits per heavy atom. The van der Waals surface area contributed by atoms with Gasteiger partial charge in [0.1, 0.15) is 18.5 Å². The molecule has 3 heterocycles. The first-order valence-electron chi connectivity index (χ1n) is 10.6. The summed E-state index contributed by atoms with van der Waals surface area (Å²) in [6, 6.07) is 15.3. The number of nitrogens with zero attached hydrogens (tertiary/aromatic N) is 6. The number of amides is 1. The van der Waals surface area contributed by atoms with E-state index in [0.29, 0.717) is 24.3 Å². The van der Waals surface area contributed by atoms with Crippen molar-refractivity contribution in [3.63, 3.8) is 0 Å². The molecule has 1 fully saturated rings. The Labute approximate surface area is 184 Å². The Morgan fingerprint density at radius 2 is 2.03 bits per heavy atom. The fourth-order valence-electron chi connectivity index (χ4n) is 4.16. The smallest absolute Gasteiger partial charge is 0.414 e. The number of rotatable bonds is 6. The maximum atomic E-state index is 15.0.